The van der Waals surface area contributed by atoms with E-state index in [4.69, 9.17) is 5.73 Å². The molecule has 0 spiro atoms. The molecular formula is C11H21N3. The van der Waals surface area contributed by atoms with Gasteiger partial charge in [0.2, 0.25) is 0 Å². The highest BCUT2D eigenvalue weighted by molar-refractivity contribution is 5.15. The molecule has 1 aliphatic carbocycles. The van der Waals surface area contributed by atoms with Gasteiger partial charge in [0, 0.05) is 19.4 Å². The predicted octanol–water partition coefficient (Wildman–Crippen LogP) is 2.75. The van der Waals surface area contributed by atoms with Crippen LogP contribution in [0.1, 0.15) is 32.1 Å². The van der Waals surface area contributed by atoms with Gasteiger partial charge in [0.1, 0.15) is 0 Å². The molecule has 1 saturated carbocycles. The van der Waals surface area contributed by atoms with Crippen molar-refractivity contribution >= 4 is 5.95 Å². The fraction of sp³-hybridized carbons (Fsp3) is 0.545. The number of nitrogens with two attached hydrogens (primary N) is 1. The Morgan fingerprint density at radius 2 is 1.64 bits per heavy atom. The van der Waals surface area contributed by atoms with Gasteiger partial charge in [0.15, 0.2) is 5.95 Å². The minimum Gasteiger partial charge on any atom is -0.369 e. The Hall–Kier alpha value is -1.25. The SMILES string of the molecule is C1CCCC1.C=C.Cn1ccnc1N. The fourth-order valence-corrected chi connectivity index (χ4v) is 1.26. The molecule has 80 valence electrons. The van der Waals surface area contributed by atoms with E-state index in [0.717, 1.165) is 0 Å². The first-order valence-corrected chi connectivity index (χ1v) is 5.03. The number of rotatable bonds is 0. The summed E-state index contributed by atoms with van der Waals surface area (Å²) >= 11 is 0. The quantitative estimate of drug-likeness (QED) is 0.647. The lowest BCUT2D eigenvalue weighted by atomic mass is 10.4. The highest BCUT2D eigenvalue weighted by atomic mass is 15.1. The molecule has 2 rings (SSSR count). The number of nitrogens with zero attached hydrogens (tertiary/aromatic N) is 2. The molecule has 0 aliphatic heterocycles. The van der Waals surface area contributed by atoms with Crippen molar-refractivity contribution in [2.75, 3.05) is 5.73 Å². The fourth-order valence-electron chi connectivity index (χ4n) is 1.26. The average Bonchev–Trinajstić information content (AvgIpc) is 2.86. The summed E-state index contributed by atoms with van der Waals surface area (Å²) in [5.41, 5.74) is 5.29. The molecule has 0 unspecified atom stereocenters. The van der Waals surface area contributed by atoms with Gasteiger partial charge in [-0.1, -0.05) is 32.1 Å². The molecule has 0 atom stereocenters. The summed E-state index contributed by atoms with van der Waals surface area (Å²) in [6.07, 6.45) is 11.0. The summed E-state index contributed by atoms with van der Waals surface area (Å²) in [4.78, 5) is 3.76. The monoisotopic (exact) mass is 195 g/mol. The van der Waals surface area contributed by atoms with E-state index < -0.39 is 0 Å². The Morgan fingerprint density at radius 1 is 1.21 bits per heavy atom. The first-order chi connectivity index (χ1) is 6.80. The van der Waals surface area contributed by atoms with Crippen LogP contribution in [0.3, 0.4) is 0 Å². The summed E-state index contributed by atoms with van der Waals surface area (Å²) in [6.45, 7) is 6.00. The van der Waals surface area contributed by atoms with Crippen LogP contribution in [0.2, 0.25) is 0 Å². The number of aryl methyl sites for hydroxylation is 1. The van der Waals surface area contributed by atoms with Crippen LogP contribution in [0.4, 0.5) is 5.95 Å². The van der Waals surface area contributed by atoms with Crippen LogP contribution in [0.5, 0.6) is 0 Å². The number of nitrogen functional groups attached to an aromatic ring is 1. The Morgan fingerprint density at radius 3 is 1.79 bits per heavy atom. The maximum absolute atomic E-state index is 5.29. The number of anilines is 1. The van der Waals surface area contributed by atoms with Crippen molar-refractivity contribution in [1.82, 2.24) is 9.55 Å². The molecule has 1 aromatic rings. The maximum atomic E-state index is 5.29. The van der Waals surface area contributed by atoms with Crippen LogP contribution in [0.15, 0.2) is 25.6 Å². The van der Waals surface area contributed by atoms with Crippen molar-refractivity contribution in [1.29, 1.82) is 0 Å². The van der Waals surface area contributed by atoms with Crippen molar-refractivity contribution in [3.63, 3.8) is 0 Å². The molecule has 3 heteroatoms. The third-order valence-corrected chi connectivity index (χ3v) is 2.11. The molecule has 1 fully saturated rings. The topological polar surface area (TPSA) is 43.8 Å². The molecule has 1 aromatic heterocycles. The van der Waals surface area contributed by atoms with E-state index in [9.17, 15) is 0 Å². The molecule has 0 amide bonds. The molecular weight excluding hydrogens is 174 g/mol. The Kier molecular flexibility index (Phi) is 7.61. The Labute approximate surface area is 86.6 Å². The summed E-state index contributed by atoms with van der Waals surface area (Å²) in [5, 5.41) is 0. The lowest BCUT2D eigenvalue weighted by Gasteiger charge is -1.87. The lowest BCUT2D eigenvalue weighted by molar-refractivity contribution is 0.886. The highest BCUT2D eigenvalue weighted by Gasteiger charge is 1.95. The van der Waals surface area contributed by atoms with Crippen LogP contribution in [0.25, 0.3) is 0 Å². The van der Waals surface area contributed by atoms with E-state index in [2.05, 4.69) is 18.1 Å². The zero-order valence-corrected chi connectivity index (χ0v) is 9.08. The van der Waals surface area contributed by atoms with E-state index in [-0.39, 0.29) is 0 Å². The minimum absolute atomic E-state index is 0.556. The molecule has 0 bridgehead atoms. The molecule has 3 nitrogen and oxygen atoms in total. The van der Waals surface area contributed by atoms with Crippen molar-refractivity contribution in [2.24, 2.45) is 7.05 Å². The summed E-state index contributed by atoms with van der Waals surface area (Å²) < 4.78 is 1.75. The number of aromatic nitrogens is 2. The Bertz CT molecular complexity index is 202. The second-order valence-electron chi connectivity index (χ2n) is 3.16. The normalized spacial score (nSPS) is 13.5. The summed E-state index contributed by atoms with van der Waals surface area (Å²) in [7, 11) is 1.85. The zero-order chi connectivity index (χ0) is 10.8. The van der Waals surface area contributed by atoms with Crippen molar-refractivity contribution in [2.45, 2.75) is 32.1 Å². The number of imidazole rings is 1. The van der Waals surface area contributed by atoms with Gasteiger partial charge < -0.3 is 10.3 Å². The van der Waals surface area contributed by atoms with Crippen molar-refractivity contribution in [3.05, 3.63) is 25.6 Å². The van der Waals surface area contributed by atoms with Crippen LogP contribution in [-0.4, -0.2) is 9.55 Å². The van der Waals surface area contributed by atoms with Crippen molar-refractivity contribution < 1.29 is 0 Å². The maximum Gasteiger partial charge on any atom is 0.199 e. The van der Waals surface area contributed by atoms with Crippen LogP contribution >= 0.6 is 0 Å². The van der Waals surface area contributed by atoms with Gasteiger partial charge in [0.05, 0.1) is 0 Å². The summed E-state index contributed by atoms with van der Waals surface area (Å²) in [6, 6.07) is 0. The van der Waals surface area contributed by atoms with Crippen LogP contribution < -0.4 is 5.73 Å². The standard InChI is InChI=1S/C5H10.C4H7N3.C2H4/c1-2-4-5-3-1;1-7-3-2-6-4(7)5;1-2/h1-5H2;2-3H,1H3,(H2,5,6);1-2H2. The molecule has 0 radical (unpaired) electrons. The lowest BCUT2D eigenvalue weighted by Crippen LogP contribution is -1.94. The smallest absolute Gasteiger partial charge is 0.199 e. The minimum atomic E-state index is 0.556. The van der Waals surface area contributed by atoms with Crippen LogP contribution in [-0.2, 0) is 7.05 Å². The van der Waals surface area contributed by atoms with Gasteiger partial charge in [0.25, 0.3) is 0 Å². The number of hydrogen-bond acceptors (Lipinski definition) is 2. The highest BCUT2D eigenvalue weighted by Crippen LogP contribution is 2.15. The van der Waals surface area contributed by atoms with E-state index >= 15 is 0 Å². The second kappa shape index (κ2) is 8.35. The zero-order valence-electron chi connectivity index (χ0n) is 9.08. The number of hydrogen-bond donors (Lipinski definition) is 1. The second-order valence-corrected chi connectivity index (χ2v) is 3.16. The van der Waals surface area contributed by atoms with Gasteiger partial charge in [-0.05, 0) is 0 Å². The third kappa shape index (κ3) is 5.41. The van der Waals surface area contributed by atoms with Crippen molar-refractivity contribution in [3.8, 4) is 0 Å². The Balaban J connectivity index is 0.000000213. The van der Waals surface area contributed by atoms with Crippen LogP contribution in [0, 0.1) is 0 Å². The van der Waals surface area contributed by atoms with E-state index in [1.54, 1.807) is 17.0 Å². The largest absolute Gasteiger partial charge is 0.369 e. The van der Waals surface area contributed by atoms with Gasteiger partial charge in [-0.2, -0.15) is 0 Å². The first-order valence-electron chi connectivity index (χ1n) is 5.03. The predicted molar refractivity (Wildman–Crippen MR) is 62.0 cm³/mol. The summed E-state index contributed by atoms with van der Waals surface area (Å²) in [5.74, 6) is 0.556. The van der Waals surface area contributed by atoms with Gasteiger partial charge in [-0.25, -0.2) is 4.98 Å². The molecule has 2 N–H and O–H groups in total. The van der Waals surface area contributed by atoms with Gasteiger partial charge in [-0.15, -0.1) is 13.2 Å². The van der Waals surface area contributed by atoms with Gasteiger partial charge in [-0.3, -0.25) is 0 Å². The molecule has 14 heavy (non-hydrogen) atoms. The van der Waals surface area contributed by atoms with E-state index in [0.29, 0.717) is 5.95 Å². The average molecular weight is 195 g/mol. The first kappa shape index (κ1) is 12.8. The van der Waals surface area contributed by atoms with E-state index in [1.807, 2.05) is 7.05 Å². The molecule has 0 aromatic carbocycles. The molecule has 0 saturated heterocycles. The molecule has 1 heterocycles. The van der Waals surface area contributed by atoms with Gasteiger partial charge >= 0.3 is 0 Å². The van der Waals surface area contributed by atoms with E-state index in [1.165, 1.54) is 32.1 Å². The third-order valence-electron chi connectivity index (χ3n) is 2.11. The molecule has 1 aliphatic rings.